The Hall–Kier alpha value is -1.75. The molecule has 0 spiro atoms. The smallest absolute Gasteiger partial charge is 0.270 e. The van der Waals surface area contributed by atoms with E-state index in [0.29, 0.717) is 6.54 Å². The molecule has 3 nitrogen and oxygen atoms in total. The molecule has 0 atom stereocenters. The van der Waals surface area contributed by atoms with Gasteiger partial charge >= 0.3 is 0 Å². The number of benzene rings is 1. The zero-order valence-corrected chi connectivity index (χ0v) is 10.9. The molecule has 1 heterocycles. The first-order chi connectivity index (χ1) is 8.65. The number of rotatable bonds is 3. The molecule has 0 saturated carbocycles. The highest BCUT2D eigenvalue weighted by Crippen LogP contribution is 2.11. The van der Waals surface area contributed by atoms with Crippen LogP contribution in [0.3, 0.4) is 0 Å². The van der Waals surface area contributed by atoms with E-state index in [1.54, 1.807) is 0 Å². The quantitative estimate of drug-likeness (QED) is 0.886. The predicted molar refractivity (Wildman–Crippen MR) is 69.5 cm³/mol. The van der Waals surface area contributed by atoms with E-state index in [0.717, 1.165) is 10.0 Å². The Bertz CT molecular complexity index is 574. The second-order valence-corrected chi connectivity index (χ2v) is 4.57. The third-order valence-electron chi connectivity index (χ3n) is 2.29. The molecule has 1 N–H and O–H groups in total. The fourth-order valence-electron chi connectivity index (χ4n) is 1.45. The van der Waals surface area contributed by atoms with Gasteiger partial charge in [-0.2, -0.15) is 4.39 Å². The number of hydrogen-bond donors (Lipinski definition) is 1. The average molecular weight is 309 g/mol. The number of nitrogens with zero attached hydrogens (tertiary/aromatic N) is 1. The molecule has 0 aliphatic rings. The number of hydrogen-bond acceptors (Lipinski definition) is 2. The van der Waals surface area contributed by atoms with Crippen molar-refractivity contribution in [1.82, 2.24) is 10.3 Å². The predicted octanol–water partition coefficient (Wildman–Crippen LogP) is 2.91. The van der Waals surface area contributed by atoms with Crippen LogP contribution in [0.5, 0.6) is 0 Å². The van der Waals surface area contributed by atoms with E-state index >= 15 is 0 Å². The molecule has 1 amide bonds. The van der Waals surface area contributed by atoms with Crippen molar-refractivity contribution in [3.8, 4) is 0 Å². The van der Waals surface area contributed by atoms with Crippen molar-refractivity contribution in [3.63, 3.8) is 0 Å². The fourth-order valence-corrected chi connectivity index (χ4v) is 1.90. The number of carbonyl (C=O) groups excluding carboxylic acids is 1. The van der Waals surface area contributed by atoms with Crippen LogP contribution in [-0.4, -0.2) is 10.9 Å². The lowest BCUT2D eigenvalue weighted by molar-refractivity contribution is 0.0944. The molecule has 0 bridgehead atoms. The molecule has 0 saturated heterocycles. The van der Waals surface area contributed by atoms with Crippen LogP contribution in [0.25, 0.3) is 0 Å². The van der Waals surface area contributed by atoms with Crippen molar-refractivity contribution >= 4 is 21.8 Å². The van der Waals surface area contributed by atoms with Gasteiger partial charge < -0.3 is 5.32 Å². The Kier molecular flexibility index (Phi) is 4.04. The summed E-state index contributed by atoms with van der Waals surface area (Å²) in [7, 11) is 0. The van der Waals surface area contributed by atoms with Crippen molar-refractivity contribution in [2.75, 3.05) is 0 Å². The van der Waals surface area contributed by atoms with Crippen LogP contribution >= 0.6 is 15.9 Å². The lowest BCUT2D eigenvalue weighted by Gasteiger charge is -2.05. The Morgan fingerprint density at radius 2 is 2.06 bits per heavy atom. The number of aromatic nitrogens is 1. The number of nitrogens with one attached hydrogen (secondary N) is 1. The zero-order valence-electron chi connectivity index (χ0n) is 9.36. The minimum absolute atomic E-state index is 0.0741. The average Bonchev–Trinajstić information content (AvgIpc) is 2.36. The second-order valence-electron chi connectivity index (χ2n) is 3.66. The van der Waals surface area contributed by atoms with Gasteiger partial charge in [0.05, 0.1) is 0 Å². The van der Waals surface area contributed by atoms with Crippen LogP contribution in [-0.2, 0) is 6.54 Å². The van der Waals surface area contributed by atoms with Gasteiger partial charge in [0.1, 0.15) is 5.69 Å². The van der Waals surface area contributed by atoms with Crippen molar-refractivity contribution in [1.29, 1.82) is 0 Å². The molecule has 5 heteroatoms. The maximum absolute atomic E-state index is 12.8. The monoisotopic (exact) mass is 308 g/mol. The minimum Gasteiger partial charge on any atom is -0.347 e. The standard InChI is InChI=1S/C13H10BrFN2O/c14-10-4-1-3-9(7-10)8-16-13(18)11-5-2-6-12(15)17-11/h1-7H,8H2,(H,16,18). The lowest BCUT2D eigenvalue weighted by atomic mass is 10.2. The van der Waals surface area contributed by atoms with Gasteiger partial charge in [0.2, 0.25) is 5.95 Å². The maximum atomic E-state index is 12.8. The van der Waals surface area contributed by atoms with Gasteiger partial charge in [-0.15, -0.1) is 0 Å². The summed E-state index contributed by atoms with van der Waals surface area (Å²) < 4.78 is 13.8. The zero-order chi connectivity index (χ0) is 13.0. The summed E-state index contributed by atoms with van der Waals surface area (Å²) in [6.07, 6.45) is 0. The van der Waals surface area contributed by atoms with Gasteiger partial charge in [-0.25, -0.2) is 4.98 Å². The van der Waals surface area contributed by atoms with Crippen molar-refractivity contribution in [2.24, 2.45) is 0 Å². The Morgan fingerprint density at radius 3 is 2.78 bits per heavy atom. The molecule has 0 fully saturated rings. The number of pyridine rings is 1. The van der Waals surface area contributed by atoms with Gasteiger partial charge in [-0.05, 0) is 29.8 Å². The molecule has 2 aromatic rings. The molecular formula is C13H10BrFN2O. The van der Waals surface area contributed by atoms with E-state index in [-0.39, 0.29) is 5.69 Å². The molecule has 0 unspecified atom stereocenters. The molecule has 1 aromatic heterocycles. The van der Waals surface area contributed by atoms with E-state index in [4.69, 9.17) is 0 Å². The summed E-state index contributed by atoms with van der Waals surface area (Å²) in [6.45, 7) is 0.371. The Labute approximate surface area is 112 Å². The topological polar surface area (TPSA) is 42.0 Å². The second kappa shape index (κ2) is 5.73. The van der Waals surface area contributed by atoms with Gasteiger partial charge in [0.15, 0.2) is 0 Å². The highest BCUT2D eigenvalue weighted by molar-refractivity contribution is 9.10. The van der Waals surface area contributed by atoms with Gasteiger partial charge in [0.25, 0.3) is 5.91 Å². The van der Waals surface area contributed by atoms with Crippen molar-refractivity contribution in [2.45, 2.75) is 6.54 Å². The maximum Gasteiger partial charge on any atom is 0.270 e. The lowest BCUT2D eigenvalue weighted by Crippen LogP contribution is -2.24. The van der Waals surface area contributed by atoms with E-state index in [1.807, 2.05) is 24.3 Å². The molecule has 2 rings (SSSR count). The molecule has 92 valence electrons. The van der Waals surface area contributed by atoms with Crippen LogP contribution in [0, 0.1) is 5.95 Å². The summed E-state index contributed by atoms with van der Waals surface area (Å²) in [5.74, 6) is -1.06. The first-order valence-electron chi connectivity index (χ1n) is 5.30. The molecule has 0 aliphatic carbocycles. The van der Waals surface area contributed by atoms with E-state index in [9.17, 15) is 9.18 Å². The van der Waals surface area contributed by atoms with Gasteiger partial charge in [0, 0.05) is 11.0 Å². The number of halogens is 2. The summed E-state index contributed by atoms with van der Waals surface area (Å²) in [5, 5.41) is 2.68. The molecular weight excluding hydrogens is 299 g/mol. The third kappa shape index (κ3) is 3.37. The van der Waals surface area contributed by atoms with E-state index < -0.39 is 11.9 Å². The Balaban J connectivity index is 2.00. The van der Waals surface area contributed by atoms with Crippen LogP contribution in [0.15, 0.2) is 46.9 Å². The summed E-state index contributed by atoms with van der Waals surface area (Å²) in [6, 6.07) is 11.7. The third-order valence-corrected chi connectivity index (χ3v) is 2.78. The fraction of sp³-hybridized carbons (Fsp3) is 0.0769. The highest BCUT2D eigenvalue weighted by Gasteiger charge is 2.07. The molecule has 1 aromatic carbocycles. The van der Waals surface area contributed by atoms with E-state index in [1.165, 1.54) is 18.2 Å². The van der Waals surface area contributed by atoms with Crippen LogP contribution in [0.2, 0.25) is 0 Å². The number of carbonyl (C=O) groups is 1. The van der Waals surface area contributed by atoms with Crippen LogP contribution in [0.4, 0.5) is 4.39 Å². The molecule has 18 heavy (non-hydrogen) atoms. The largest absolute Gasteiger partial charge is 0.347 e. The normalized spacial score (nSPS) is 10.1. The molecule has 0 aliphatic heterocycles. The first-order valence-corrected chi connectivity index (χ1v) is 6.09. The van der Waals surface area contributed by atoms with E-state index in [2.05, 4.69) is 26.2 Å². The number of amides is 1. The van der Waals surface area contributed by atoms with Crippen LogP contribution < -0.4 is 5.32 Å². The highest BCUT2D eigenvalue weighted by atomic mass is 79.9. The Morgan fingerprint density at radius 1 is 1.28 bits per heavy atom. The minimum atomic E-state index is -0.662. The summed E-state index contributed by atoms with van der Waals surface area (Å²) >= 11 is 3.35. The summed E-state index contributed by atoms with van der Waals surface area (Å²) in [4.78, 5) is 15.2. The van der Waals surface area contributed by atoms with Crippen molar-refractivity contribution in [3.05, 3.63) is 64.1 Å². The van der Waals surface area contributed by atoms with Gasteiger partial charge in [-0.3, -0.25) is 4.79 Å². The van der Waals surface area contributed by atoms with Crippen molar-refractivity contribution < 1.29 is 9.18 Å². The summed E-state index contributed by atoms with van der Waals surface area (Å²) in [5.41, 5.74) is 1.03. The van der Waals surface area contributed by atoms with Crippen LogP contribution in [0.1, 0.15) is 16.1 Å². The van der Waals surface area contributed by atoms with Gasteiger partial charge in [-0.1, -0.05) is 34.1 Å². The first kappa shape index (κ1) is 12.7. The SMILES string of the molecule is O=C(NCc1cccc(Br)c1)c1cccc(F)n1. The molecule has 0 radical (unpaired) electrons.